The normalized spacial score (nSPS) is 14.9. The van der Waals surface area contributed by atoms with Gasteiger partial charge in [0.25, 0.3) is 5.70 Å². The first kappa shape index (κ1) is 26.3. The molecule has 182 valence electrons. The minimum absolute atomic E-state index is 0.181. The molecule has 1 aliphatic rings. The molecule has 3 heteroatoms. The van der Waals surface area contributed by atoms with Crippen LogP contribution in [-0.2, 0) is 6.42 Å². The Kier molecular flexibility index (Phi) is 10.2. The second-order valence-corrected chi connectivity index (χ2v) is 9.60. The summed E-state index contributed by atoms with van der Waals surface area (Å²) < 4.78 is 0. The highest BCUT2D eigenvalue weighted by molar-refractivity contribution is 5.94. The molecular formula is C32H39N3. The van der Waals surface area contributed by atoms with Crippen molar-refractivity contribution in [3.05, 3.63) is 87.4 Å². The molecule has 0 radical (unpaired) electrons. The van der Waals surface area contributed by atoms with Crippen molar-refractivity contribution in [1.29, 1.82) is 5.26 Å². The van der Waals surface area contributed by atoms with Gasteiger partial charge in [-0.3, -0.25) is 0 Å². The fourth-order valence-corrected chi connectivity index (χ4v) is 4.96. The van der Waals surface area contributed by atoms with E-state index in [1.54, 1.807) is 0 Å². The Balaban J connectivity index is 1.87. The summed E-state index contributed by atoms with van der Waals surface area (Å²) in [5.74, 6) is 0. The quantitative estimate of drug-likeness (QED) is 0.178. The van der Waals surface area contributed by atoms with E-state index in [0.29, 0.717) is 0 Å². The van der Waals surface area contributed by atoms with Gasteiger partial charge < -0.3 is 4.90 Å². The number of rotatable bonds is 12. The summed E-state index contributed by atoms with van der Waals surface area (Å²) >= 11 is 0. The van der Waals surface area contributed by atoms with Gasteiger partial charge in [0.1, 0.15) is 0 Å². The van der Waals surface area contributed by atoms with E-state index in [2.05, 4.69) is 66.9 Å². The van der Waals surface area contributed by atoms with Crippen molar-refractivity contribution in [2.24, 2.45) is 0 Å². The van der Waals surface area contributed by atoms with E-state index in [4.69, 9.17) is 6.57 Å². The summed E-state index contributed by atoms with van der Waals surface area (Å²) in [5, 5.41) is 9.60. The number of nitrogens with zero attached hydrogens (tertiary/aromatic N) is 3. The van der Waals surface area contributed by atoms with Crippen LogP contribution in [0.5, 0.6) is 0 Å². The number of fused-ring (bicyclic) bond motifs is 1. The smallest absolute Gasteiger partial charge is 0.269 e. The van der Waals surface area contributed by atoms with Crippen molar-refractivity contribution in [1.82, 2.24) is 0 Å². The first-order valence-electron chi connectivity index (χ1n) is 13.3. The number of nitriles is 1. The average molecular weight is 466 g/mol. The molecule has 3 rings (SSSR count). The van der Waals surface area contributed by atoms with Crippen LogP contribution in [0.1, 0.15) is 87.5 Å². The number of hydrogen-bond acceptors (Lipinski definition) is 2. The summed E-state index contributed by atoms with van der Waals surface area (Å²) in [5.41, 5.74) is 7.95. The predicted molar refractivity (Wildman–Crippen MR) is 149 cm³/mol. The van der Waals surface area contributed by atoms with Crippen LogP contribution >= 0.6 is 0 Å². The minimum Gasteiger partial charge on any atom is -0.372 e. The summed E-state index contributed by atoms with van der Waals surface area (Å²) in [6, 6.07) is 17.0. The van der Waals surface area contributed by atoms with Crippen molar-refractivity contribution in [2.45, 2.75) is 78.6 Å². The number of aryl methyl sites for hydroxylation is 1. The number of anilines is 1. The average Bonchev–Trinajstić information content (AvgIpc) is 3.23. The molecule has 0 aromatic heterocycles. The topological polar surface area (TPSA) is 31.4 Å². The van der Waals surface area contributed by atoms with Crippen LogP contribution in [0.15, 0.2) is 53.7 Å². The Bertz CT molecular complexity index is 1110. The number of benzene rings is 2. The lowest BCUT2D eigenvalue weighted by Crippen LogP contribution is -2.25. The van der Waals surface area contributed by atoms with Crippen LogP contribution in [0.25, 0.3) is 16.5 Å². The first-order valence-corrected chi connectivity index (χ1v) is 13.3. The van der Waals surface area contributed by atoms with Crippen LogP contribution in [0.3, 0.4) is 0 Å². The Labute approximate surface area is 212 Å². The number of unbranched alkanes of at least 4 members (excludes halogenated alkanes) is 6. The van der Waals surface area contributed by atoms with Gasteiger partial charge >= 0.3 is 0 Å². The molecule has 0 N–H and O–H groups in total. The molecule has 0 atom stereocenters. The Hall–Kier alpha value is -3.30. The Morgan fingerprint density at radius 1 is 1.00 bits per heavy atom. The van der Waals surface area contributed by atoms with Crippen LogP contribution < -0.4 is 4.90 Å². The van der Waals surface area contributed by atoms with Gasteiger partial charge in [0.2, 0.25) is 0 Å². The van der Waals surface area contributed by atoms with Gasteiger partial charge in [-0.15, -0.1) is 0 Å². The van der Waals surface area contributed by atoms with Gasteiger partial charge in [-0.05, 0) is 66.1 Å². The highest BCUT2D eigenvalue weighted by Gasteiger charge is 2.24. The molecule has 0 heterocycles. The molecule has 0 spiro atoms. The first-order chi connectivity index (χ1) is 17.1. The molecule has 0 unspecified atom stereocenters. The Morgan fingerprint density at radius 3 is 2.29 bits per heavy atom. The van der Waals surface area contributed by atoms with Gasteiger partial charge in [0.15, 0.2) is 0 Å². The molecule has 0 aliphatic heterocycles. The van der Waals surface area contributed by atoms with E-state index in [1.165, 1.54) is 68.2 Å². The molecule has 0 fully saturated rings. The highest BCUT2D eigenvalue weighted by Crippen LogP contribution is 2.40. The third kappa shape index (κ3) is 6.86. The summed E-state index contributed by atoms with van der Waals surface area (Å²) in [6.07, 6.45) is 13.2. The van der Waals surface area contributed by atoms with Crippen LogP contribution in [0, 0.1) is 24.8 Å². The molecule has 3 nitrogen and oxygen atoms in total. The largest absolute Gasteiger partial charge is 0.372 e. The third-order valence-corrected chi connectivity index (χ3v) is 6.95. The zero-order valence-corrected chi connectivity index (χ0v) is 21.7. The van der Waals surface area contributed by atoms with Gasteiger partial charge in [-0.25, -0.2) is 10.1 Å². The second kappa shape index (κ2) is 13.6. The van der Waals surface area contributed by atoms with Crippen LogP contribution in [0.2, 0.25) is 0 Å². The monoisotopic (exact) mass is 465 g/mol. The van der Waals surface area contributed by atoms with E-state index in [-0.39, 0.29) is 5.70 Å². The van der Waals surface area contributed by atoms with Crippen molar-refractivity contribution in [2.75, 3.05) is 18.0 Å². The lowest BCUT2D eigenvalue weighted by molar-refractivity contribution is 0.609. The molecular weight excluding hydrogens is 426 g/mol. The van der Waals surface area contributed by atoms with E-state index < -0.39 is 0 Å². The lowest BCUT2D eigenvalue weighted by Gasteiger charge is -2.26. The van der Waals surface area contributed by atoms with Crippen molar-refractivity contribution < 1.29 is 0 Å². The third-order valence-electron chi connectivity index (χ3n) is 6.95. The molecule has 35 heavy (non-hydrogen) atoms. The van der Waals surface area contributed by atoms with Crippen molar-refractivity contribution in [3.63, 3.8) is 0 Å². The van der Waals surface area contributed by atoms with E-state index in [0.717, 1.165) is 41.8 Å². The summed E-state index contributed by atoms with van der Waals surface area (Å²) in [6.45, 7) is 16.5. The molecule has 0 saturated carbocycles. The highest BCUT2D eigenvalue weighted by atomic mass is 15.1. The summed E-state index contributed by atoms with van der Waals surface area (Å²) in [4.78, 5) is 6.11. The molecule has 2 aromatic carbocycles. The zero-order chi connectivity index (χ0) is 25.0. The standard InChI is InChI=1S/C32H39N3/c1-5-7-9-13-19-35(20-14-10-8-6-2)29-18-17-26(25(3)21-29)22-28-23-27-15-11-12-16-30(27)32(28)31(24-33)34-4/h11-12,15-18,21-22H,5-10,13-14,19-20,23H2,1-3H3. The molecule has 0 amide bonds. The molecule has 0 bridgehead atoms. The number of allylic oxidation sites excluding steroid dienone is 3. The van der Waals surface area contributed by atoms with Gasteiger partial charge in [0, 0.05) is 24.4 Å². The van der Waals surface area contributed by atoms with E-state index in [9.17, 15) is 5.26 Å². The SMILES string of the molecule is [C-]#[N+]C(C#N)=C1C(=Cc2ccc(N(CCCCCC)CCCCCC)cc2C)Cc2ccccc21. The number of hydrogen-bond donors (Lipinski definition) is 0. The molecule has 1 aliphatic carbocycles. The predicted octanol–water partition coefficient (Wildman–Crippen LogP) is 8.76. The van der Waals surface area contributed by atoms with Gasteiger partial charge in [0.05, 0.1) is 12.6 Å². The fourth-order valence-electron chi connectivity index (χ4n) is 4.96. The van der Waals surface area contributed by atoms with Gasteiger partial charge in [-0.2, -0.15) is 0 Å². The lowest BCUT2D eigenvalue weighted by atomic mass is 9.98. The van der Waals surface area contributed by atoms with Crippen molar-refractivity contribution >= 4 is 17.3 Å². The molecule has 2 aromatic rings. The van der Waals surface area contributed by atoms with Gasteiger partial charge in [-0.1, -0.05) is 88.8 Å². The summed E-state index contributed by atoms with van der Waals surface area (Å²) in [7, 11) is 0. The fraction of sp³-hybridized carbons (Fsp3) is 0.438. The minimum atomic E-state index is 0.181. The van der Waals surface area contributed by atoms with Crippen molar-refractivity contribution in [3.8, 4) is 6.07 Å². The maximum absolute atomic E-state index is 9.60. The zero-order valence-electron chi connectivity index (χ0n) is 21.7. The van der Waals surface area contributed by atoms with E-state index >= 15 is 0 Å². The van der Waals surface area contributed by atoms with E-state index in [1.807, 2.05) is 18.2 Å². The molecule has 0 saturated heterocycles. The maximum Gasteiger partial charge on any atom is 0.269 e. The van der Waals surface area contributed by atoms with Crippen LogP contribution in [0.4, 0.5) is 5.69 Å². The van der Waals surface area contributed by atoms with Crippen LogP contribution in [-0.4, -0.2) is 13.1 Å². The maximum atomic E-state index is 9.60. The Morgan fingerprint density at radius 2 is 1.69 bits per heavy atom. The second-order valence-electron chi connectivity index (χ2n) is 9.60.